The molecule has 0 aromatic heterocycles. The van der Waals surface area contributed by atoms with Gasteiger partial charge in [0.05, 0.1) is 0 Å². The van der Waals surface area contributed by atoms with E-state index in [1.807, 2.05) is 0 Å². The zero-order valence-electron chi connectivity index (χ0n) is 7.26. The van der Waals surface area contributed by atoms with Crippen molar-refractivity contribution in [3.05, 3.63) is 11.8 Å². The van der Waals surface area contributed by atoms with Gasteiger partial charge in [0.25, 0.3) is 0 Å². The summed E-state index contributed by atoms with van der Waals surface area (Å²) in [6.45, 7) is 3.49. The van der Waals surface area contributed by atoms with Gasteiger partial charge >= 0.3 is 0 Å². The molecular formula is C9H16O2. The topological polar surface area (TPSA) is 37.3 Å². The van der Waals surface area contributed by atoms with Crippen molar-refractivity contribution in [2.75, 3.05) is 0 Å². The van der Waals surface area contributed by atoms with Gasteiger partial charge in [-0.3, -0.25) is 4.79 Å². The first kappa shape index (κ1) is 10.2. The zero-order chi connectivity index (χ0) is 8.69. The van der Waals surface area contributed by atoms with Crippen LogP contribution in [-0.4, -0.2) is 10.9 Å². The number of Topliss-reactive ketones (excluding diaryl/α,β-unsaturated/α-hetero) is 1. The van der Waals surface area contributed by atoms with E-state index in [1.165, 1.54) is 6.92 Å². The normalized spacial score (nSPS) is 11.6. The summed E-state index contributed by atoms with van der Waals surface area (Å²) in [5.74, 6) is -0.345. The van der Waals surface area contributed by atoms with E-state index in [0.29, 0.717) is 0 Å². The molecule has 0 rings (SSSR count). The minimum Gasteiger partial charge on any atom is -0.505 e. The Labute approximate surface area is 67.9 Å². The van der Waals surface area contributed by atoms with Crippen molar-refractivity contribution in [3.8, 4) is 0 Å². The minimum atomic E-state index is -0.249. The van der Waals surface area contributed by atoms with Gasteiger partial charge in [-0.15, -0.1) is 0 Å². The number of aliphatic hydroxyl groups is 1. The second kappa shape index (κ2) is 5.96. The van der Waals surface area contributed by atoms with Crippen molar-refractivity contribution < 1.29 is 9.90 Å². The molecule has 0 saturated carbocycles. The summed E-state index contributed by atoms with van der Waals surface area (Å²) in [6, 6.07) is 0. The lowest BCUT2D eigenvalue weighted by Crippen LogP contribution is -1.93. The van der Waals surface area contributed by atoms with Crippen LogP contribution in [0.5, 0.6) is 0 Å². The second-order valence-corrected chi connectivity index (χ2v) is 2.64. The molecule has 2 nitrogen and oxygen atoms in total. The maximum absolute atomic E-state index is 10.5. The zero-order valence-corrected chi connectivity index (χ0v) is 7.26. The highest BCUT2D eigenvalue weighted by molar-refractivity contribution is 5.90. The van der Waals surface area contributed by atoms with Gasteiger partial charge in [-0.2, -0.15) is 0 Å². The van der Waals surface area contributed by atoms with Gasteiger partial charge in [-0.25, -0.2) is 0 Å². The molecule has 0 aromatic rings. The fourth-order valence-corrected chi connectivity index (χ4v) is 0.777. The van der Waals surface area contributed by atoms with E-state index in [-0.39, 0.29) is 11.5 Å². The Hall–Kier alpha value is -0.790. The van der Waals surface area contributed by atoms with Crippen molar-refractivity contribution in [2.45, 2.75) is 39.5 Å². The number of rotatable bonds is 5. The molecule has 0 aliphatic rings. The molecule has 0 fully saturated rings. The molecule has 0 radical (unpaired) electrons. The molecule has 2 heteroatoms. The van der Waals surface area contributed by atoms with Gasteiger partial charge in [0.1, 0.15) is 0 Å². The van der Waals surface area contributed by atoms with Crippen LogP contribution in [0.15, 0.2) is 11.8 Å². The molecule has 11 heavy (non-hydrogen) atoms. The number of hydrogen-bond donors (Lipinski definition) is 1. The summed E-state index contributed by atoms with van der Waals surface area (Å²) in [5.41, 5.74) is 0. The molecule has 0 atom stereocenters. The van der Waals surface area contributed by atoms with Gasteiger partial charge in [0, 0.05) is 6.92 Å². The number of unbranched alkanes of at least 4 members (excludes halogenated alkanes) is 3. The molecule has 0 aliphatic heterocycles. The predicted molar refractivity (Wildman–Crippen MR) is 45.5 cm³/mol. The second-order valence-electron chi connectivity index (χ2n) is 2.64. The third-order valence-corrected chi connectivity index (χ3v) is 1.51. The van der Waals surface area contributed by atoms with Crippen LogP contribution in [0, 0.1) is 0 Å². The van der Waals surface area contributed by atoms with Crippen LogP contribution in [0.1, 0.15) is 39.5 Å². The number of allylic oxidation sites excluding steroid dienone is 2. The summed E-state index contributed by atoms with van der Waals surface area (Å²) in [7, 11) is 0. The predicted octanol–water partition coefficient (Wildman–Crippen LogP) is 2.60. The number of aliphatic hydroxyl groups excluding tert-OH is 1. The van der Waals surface area contributed by atoms with Crippen molar-refractivity contribution in [1.82, 2.24) is 0 Å². The summed E-state index contributed by atoms with van der Waals surface area (Å²) in [5, 5.41) is 8.94. The minimum absolute atomic E-state index is 0.0962. The largest absolute Gasteiger partial charge is 0.505 e. The molecule has 64 valence electrons. The molecule has 0 aromatic carbocycles. The monoisotopic (exact) mass is 156 g/mol. The molecular weight excluding hydrogens is 140 g/mol. The maximum atomic E-state index is 10.5. The summed E-state index contributed by atoms with van der Waals surface area (Å²) < 4.78 is 0. The first-order valence-corrected chi connectivity index (χ1v) is 4.08. The summed E-state index contributed by atoms with van der Waals surface area (Å²) in [4.78, 5) is 10.5. The number of ketones is 1. The smallest absolute Gasteiger partial charge is 0.193 e. The van der Waals surface area contributed by atoms with Gasteiger partial charge in [0.15, 0.2) is 11.5 Å². The van der Waals surface area contributed by atoms with Gasteiger partial charge in [0.2, 0.25) is 0 Å². The molecule has 0 amide bonds. The highest BCUT2D eigenvalue weighted by Crippen LogP contribution is 2.02. The molecule has 0 heterocycles. The van der Waals surface area contributed by atoms with E-state index in [1.54, 1.807) is 6.08 Å². The fourth-order valence-electron chi connectivity index (χ4n) is 0.777. The fraction of sp³-hybridized carbons (Fsp3) is 0.667. The Kier molecular flexibility index (Phi) is 5.53. The van der Waals surface area contributed by atoms with E-state index in [2.05, 4.69) is 6.92 Å². The van der Waals surface area contributed by atoms with Crippen LogP contribution < -0.4 is 0 Å². The molecule has 0 spiro atoms. The Morgan fingerprint density at radius 3 is 2.55 bits per heavy atom. The highest BCUT2D eigenvalue weighted by atomic mass is 16.3. The van der Waals surface area contributed by atoms with Gasteiger partial charge in [-0.1, -0.05) is 19.8 Å². The van der Waals surface area contributed by atoms with Crippen LogP contribution in [0.3, 0.4) is 0 Å². The summed E-state index contributed by atoms with van der Waals surface area (Å²) >= 11 is 0. The Morgan fingerprint density at radius 1 is 1.45 bits per heavy atom. The summed E-state index contributed by atoms with van der Waals surface area (Å²) in [6.07, 6.45) is 5.77. The first-order valence-electron chi connectivity index (χ1n) is 4.08. The third-order valence-electron chi connectivity index (χ3n) is 1.51. The van der Waals surface area contributed by atoms with E-state index in [0.717, 1.165) is 25.7 Å². The van der Waals surface area contributed by atoms with Crippen LogP contribution in [0.25, 0.3) is 0 Å². The lowest BCUT2D eigenvalue weighted by molar-refractivity contribution is -0.115. The molecule has 0 unspecified atom stereocenters. The maximum Gasteiger partial charge on any atom is 0.193 e. The third kappa shape index (κ3) is 5.64. The van der Waals surface area contributed by atoms with E-state index < -0.39 is 0 Å². The average molecular weight is 156 g/mol. The van der Waals surface area contributed by atoms with Crippen molar-refractivity contribution in [2.24, 2.45) is 0 Å². The molecule has 0 aliphatic carbocycles. The lowest BCUT2D eigenvalue weighted by Gasteiger charge is -1.93. The average Bonchev–Trinajstić information content (AvgIpc) is 1.97. The number of carbonyl (C=O) groups is 1. The highest BCUT2D eigenvalue weighted by Gasteiger charge is 1.96. The van der Waals surface area contributed by atoms with E-state index in [9.17, 15) is 4.79 Å². The van der Waals surface area contributed by atoms with Crippen molar-refractivity contribution in [3.63, 3.8) is 0 Å². The van der Waals surface area contributed by atoms with Crippen LogP contribution >= 0.6 is 0 Å². The molecule has 0 saturated heterocycles. The SMILES string of the molecule is CCCCCC=C(O)C(C)=O. The van der Waals surface area contributed by atoms with Crippen molar-refractivity contribution >= 4 is 5.78 Å². The standard InChI is InChI=1S/C9H16O2/c1-3-4-5-6-7-9(11)8(2)10/h7,11H,3-6H2,1-2H3. The Morgan fingerprint density at radius 2 is 2.09 bits per heavy atom. The Balaban J connectivity index is 3.48. The van der Waals surface area contributed by atoms with Gasteiger partial charge in [-0.05, 0) is 18.9 Å². The number of hydrogen-bond acceptors (Lipinski definition) is 2. The first-order chi connectivity index (χ1) is 5.18. The van der Waals surface area contributed by atoms with Gasteiger partial charge < -0.3 is 5.11 Å². The molecule has 0 bridgehead atoms. The van der Waals surface area contributed by atoms with Crippen molar-refractivity contribution in [1.29, 1.82) is 0 Å². The Bertz CT molecular complexity index is 148. The van der Waals surface area contributed by atoms with E-state index >= 15 is 0 Å². The van der Waals surface area contributed by atoms with Crippen LogP contribution in [0.4, 0.5) is 0 Å². The molecule has 1 N–H and O–H groups in total. The lowest BCUT2D eigenvalue weighted by atomic mass is 10.2. The number of carbonyl (C=O) groups excluding carboxylic acids is 1. The van der Waals surface area contributed by atoms with Crippen LogP contribution in [0.2, 0.25) is 0 Å². The quantitative estimate of drug-likeness (QED) is 0.377. The van der Waals surface area contributed by atoms with E-state index in [4.69, 9.17) is 5.11 Å². The van der Waals surface area contributed by atoms with Crippen LogP contribution in [-0.2, 0) is 4.79 Å².